The van der Waals surface area contributed by atoms with Crippen LogP contribution in [0.4, 0.5) is 18.9 Å². The summed E-state index contributed by atoms with van der Waals surface area (Å²) in [6, 6.07) is 13.1. The molecular weight excluding hydrogens is 543 g/mol. The molecule has 0 spiro atoms. The second-order valence-corrected chi connectivity index (χ2v) is 12.1. The van der Waals surface area contributed by atoms with Crippen molar-refractivity contribution in [2.75, 3.05) is 23.7 Å². The lowest BCUT2D eigenvalue weighted by Gasteiger charge is -2.32. The molecule has 1 aliphatic carbocycles. The fourth-order valence-corrected chi connectivity index (χ4v) is 6.06. The van der Waals surface area contributed by atoms with Gasteiger partial charge in [0.1, 0.15) is 6.04 Å². The van der Waals surface area contributed by atoms with Gasteiger partial charge in [0.2, 0.25) is 21.8 Å². The highest BCUT2D eigenvalue weighted by Crippen LogP contribution is 2.32. The Balaban J connectivity index is 1.74. The number of nitrogens with zero attached hydrogens (tertiary/aromatic N) is 2. The number of halogens is 3. The minimum absolute atomic E-state index is 0.0625. The fraction of sp³-hybridized carbons (Fsp3) is 0.517. The predicted molar refractivity (Wildman–Crippen MR) is 149 cm³/mol. The molecule has 0 radical (unpaired) electrons. The van der Waals surface area contributed by atoms with Gasteiger partial charge < -0.3 is 10.2 Å². The highest BCUT2D eigenvalue weighted by Gasteiger charge is 2.32. The number of nitrogens with one attached hydrogen (secondary N) is 1. The molecule has 1 aliphatic rings. The number of carbonyl (C=O) groups is 2. The molecule has 1 atom stereocenters. The molecule has 2 aromatic rings. The van der Waals surface area contributed by atoms with E-state index >= 15 is 0 Å². The smallest absolute Gasteiger partial charge is 0.352 e. The molecule has 0 aromatic heterocycles. The van der Waals surface area contributed by atoms with Crippen LogP contribution in [0.3, 0.4) is 0 Å². The van der Waals surface area contributed by atoms with Crippen molar-refractivity contribution in [3.63, 3.8) is 0 Å². The Kier molecular flexibility index (Phi) is 11.0. The maximum atomic E-state index is 13.5. The Hall–Kier alpha value is -3.08. The van der Waals surface area contributed by atoms with E-state index in [1.165, 1.54) is 6.07 Å². The molecule has 2 aromatic carbocycles. The molecule has 0 unspecified atom stereocenters. The van der Waals surface area contributed by atoms with Gasteiger partial charge in [0.15, 0.2) is 0 Å². The van der Waals surface area contributed by atoms with Crippen LogP contribution >= 0.6 is 0 Å². The lowest BCUT2D eigenvalue weighted by atomic mass is 10.1. The molecule has 40 heavy (non-hydrogen) atoms. The first kappa shape index (κ1) is 31.4. The molecule has 220 valence electrons. The first-order valence-electron chi connectivity index (χ1n) is 13.7. The number of hydrogen-bond acceptors (Lipinski definition) is 4. The van der Waals surface area contributed by atoms with Crippen LogP contribution in [0.25, 0.3) is 0 Å². The van der Waals surface area contributed by atoms with Gasteiger partial charge in [-0.15, -0.1) is 0 Å². The van der Waals surface area contributed by atoms with Crippen molar-refractivity contribution in [3.05, 3.63) is 65.7 Å². The Labute approximate surface area is 234 Å². The average Bonchev–Trinajstić information content (AvgIpc) is 3.41. The molecule has 0 aliphatic heterocycles. The van der Waals surface area contributed by atoms with Gasteiger partial charge in [-0.1, -0.05) is 56.2 Å². The van der Waals surface area contributed by atoms with Crippen molar-refractivity contribution >= 4 is 27.5 Å². The maximum Gasteiger partial charge on any atom is 0.416 e. The maximum absolute atomic E-state index is 13.5. The molecular formula is C29H38F3N3O4S. The van der Waals surface area contributed by atoms with Gasteiger partial charge in [-0.05, 0) is 55.9 Å². The first-order chi connectivity index (χ1) is 18.9. The normalized spacial score (nSPS) is 15.0. The molecule has 1 fully saturated rings. The third-order valence-electron chi connectivity index (χ3n) is 7.19. The third kappa shape index (κ3) is 8.97. The van der Waals surface area contributed by atoms with Crippen LogP contribution in [-0.4, -0.2) is 56.6 Å². The number of anilines is 1. The molecule has 11 heteroatoms. The molecule has 1 saturated carbocycles. The number of sulfonamides is 1. The zero-order valence-corrected chi connectivity index (χ0v) is 23.8. The van der Waals surface area contributed by atoms with Crippen LogP contribution in [0.15, 0.2) is 54.6 Å². The Bertz CT molecular complexity index is 1230. The number of hydrogen-bond donors (Lipinski definition) is 1. The highest BCUT2D eigenvalue weighted by molar-refractivity contribution is 7.92. The van der Waals surface area contributed by atoms with Crippen molar-refractivity contribution in [2.24, 2.45) is 0 Å². The molecule has 0 bridgehead atoms. The summed E-state index contributed by atoms with van der Waals surface area (Å²) in [6.07, 6.45) is 1.20. The van der Waals surface area contributed by atoms with Gasteiger partial charge >= 0.3 is 6.18 Å². The highest BCUT2D eigenvalue weighted by atomic mass is 32.2. The van der Waals surface area contributed by atoms with Crippen molar-refractivity contribution in [1.29, 1.82) is 0 Å². The summed E-state index contributed by atoms with van der Waals surface area (Å²) in [5, 5.41) is 3.08. The van der Waals surface area contributed by atoms with Crippen LogP contribution in [0.2, 0.25) is 0 Å². The minimum atomic E-state index is -4.62. The van der Waals surface area contributed by atoms with Crippen molar-refractivity contribution < 1.29 is 31.2 Å². The van der Waals surface area contributed by atoms with E-state index in [9.17, 15) is 31.2 Å². The van der Waals surface area contributed by atoms with Crippen LogP contribution in [0.1, 0.15) is 63.0 Å². The van der Waals surface area contributed by atoms with Gasteiger partial charge in [-0.25, -0.2) is 8.42 Å². The van der Waals surface area contributed by atoms with Crippen molar-refractivity contribution in [3.8, 4) is 0 Å². The van der Waals surface area contributed by atoms with E-state index in [2.05, 4.69) is 5.32 Å². The number of benzene rings is 2. The Morgan fingerprint density at radius 1 is 1.02 bits per heavy atom. The summed E-state index contributed by atoms with van der Waals surface area (Å²) in [5.74, 6) is -0.501. The van der Waals surface area contributed by atoms with E-state index in [1.54, 1.807) is 4.90 Å². The lowest BCUT2D eigenvalue weighted by molar-refractivity contribution is -0.141. The summed E-state index contributed by atoms with van der Waals surface area (Å²) in [4.78, 5) is 28.3. The molecule has 1 N–H and O–H groups in total. The standard InChI is InChI=1S/C29H38F3N3O4S/c1-3-26(28(37)33-24-14-7-8-15-24)34(20-18-22-11-5-4-6-12-22)27(36)17-10-19-35(40(2,38)39)25-16-9-13-23(21-25)29(30,31)32/h4-6,9,11-13,16,21,24,26H,3,7-8,10,14-15,17-20H2,1-2H3,(H,33,37)/t26-/m0/s1. The second kappa shape index (κ2) is 14.0. The summed E-state index contributed by atoms with van der Waals surface area (Å²) in [6.45, 7) is 1.98. The molecule has 3 rings (SSSR count). The van der Waals surface area contributed by atoms with Crippen molar-refractivity contribution in [1.82, 2.24) is 10.2 Å². The van der Waals surface area contributed by atoms with Gasteiger partial charge in [-0.3, -0.25) is 13.9 Å². The van der Waals surface area contributed by atoms with Crippen LogP contribution in [-0.2, 0) is 32.2 Å². The van der Waals surface area contributed by atoms with Crippen LogP contribution in [0, 0.1) is 0 Å². The molecule has 7 nitrogen and oxygen atoms in total. The number of amides is 2. The Morgan fingerprint density at radius 2 is 1.70 bits per heavy atom. The van der Waals surface area contributed by atoms with Gasteiger partial charge in [0.25, 0.3) is 0 Å². The topological polar surface area (TPSA) is 86.8 Å². The van der Waals surface area contributed by atoms with Gasteiger partial charge in [-0.2, -0.15) is 13.2 Å². The first-order valence-corrected chi connectivity index (χ1v) is 15.5. The summed E-state index contributed by atoms with van der Waals surface area (Å²) >= 11 is 0. The van der Waals surface area contributed by atoms with Gasteiger partial charge in [0.05, 0.1) is 17.5 Å². The van der Waals surface area contributed by atoms with E-state index in [0.717, 1.165) is 60.0 Å². The summed E-state index contributed by atoms with van der Waals surface area (Å²) in [7, 11) is -3.92. The third-order valence-corrected chi connectivity index (χ3v) is 8.38. The minimum Gasteiger partial charge on any atom is -0.352 e. The van der Waals surface area contributed by atoms with E-state index in [-0.39, 0.29) is 42.9 Å². The van der Waals surface area contributed by atoms with Crippen LogP contribution in [0.5, 0.6) is 0 Å². The zero-order valence-electron chi connectivity index (χ0n) is 23.0. The van der Waals surface area contributed by atoms with E-state index in [0.29, 0.717) is 19.4 Å². The average molecular weight is 582 g/mol. The zero-order chi connectivity index (χ0) is 29.3. The quantitative estimate of drug-likeness (QED) is 0.354. The number of rotatable bonds is 13. The van der Waals surface area contributed by atoms with Crippen molar-refractivity contribution in [2.45, 2.75) is 76.6 Å². The predicted octanol–water partition coefficient (Wildman–Crippen LogP) is 5.16. The summed E-state index contributed by atoms with van der Waals surface area (Å²) in [5.41, 5.74) is -0.0619. The lowest BCUT2D eigenvalue weighted by Crippen LogP contribution is -2.52. The fourth-order valence-electron chi connectivity index (χ4n) is 5.10. The van der Waals surface area contributed by atoms with Crippen LogP contribution < -0.4 is 9.62 Å². The molecule has 0 saturated heterocycles. The van der Waals surface area contributed by atoms with E-state index in [4.69, 9.17) is 0 Å². The van der Waals surface area contributed by atoms with E-state index in [1.807, 2.05) is 37.3 Å². The Morgan fingerprint density at radius 3 is 2.30 bits per heavy atom. The largest absolute Gasteiger partial charge is 0.416 e. The van der Waals surface area contributed by atoms with E-state index < -0.39 is 27.8 Å². The summed E-state index contributed by atoms with van der Waals surface area (Å²) < 4.78 is 65.5. The SMILES string of the molecule is CC[C@@H](C(=O)NC1CCCC1)N(CCc1ccccc1)C(=O)CCCN(c1cccc(C(F)(F)F)c1)S(C)(=O)=O. The number of alkyl halides is 3. The van der Waals surface area contributed by atoms with Gasteiger partial charge in [0, 0.05) is 25.6 Å². The monoisotopic (exact) mass is 581 g/mol. The second-order valence-electron chi connectivity index (χ2n) is 10.2. The molecule has 2 amide bonds. The molecule has 0 heterocycles. The number of carbonyl (C=O) groups excluding carboxylic acids is 2.